The predicted molar refractivity (Wildman–Crippen MR) is 68.7 cm³/mol. The molecule has 17 heavy (non-hydrogen) atoms. The van der Waals surface area contributed by atoms with Crippen LogP contribution < -0.4 is 5.32 Å². The highest BCUT2D eigenvalue weighted by Gasteiger charge is 2.13. The molecule has 4 nitrogen and oxygen atoms in total. The van der Waals surface area contributed by atoms with E-state index in [1.165, 1.54) is 0 Å². The van der Waals surface area contributed by atoms with Gasteiger partial charge in [-0.3, -0.25) is 0 Å². The molecule has 0 saturated heterocycles. The van der Waals surface area contributed by atoms with Crippen LogP contribution in [0.4, 0.5) is 0 Å². The van der Waals surface area contributed by atoms with E-state index in [0.29, 0.717) is 6.42 Å². The van der Waals surface area contributed by atoms with Crippen LogP contribution in [-0.4, -0.2) is 26.5 Å². The lowest BCUT2D eigenvalue weighted by Crippen LogP contribution is -2.21. The summed E-state index contributed by atoms with van der Waals surface area (Å²) in [6, 6.07) is 2.10. The number of rotatable bonds is 8. The second kappa shape index (κ2) is 6.81. The quantitative estimate of drug-likeness (QED) is 0.777. The first-order chi connectivity index (χ1) is 8.09. The van der Waals surface area contributed by atoms with Crippen LogP contribution in [0.15, 0.2) is 23.0 Å². The van der Waals surface area contributed by atoms with Gasteiger partial charge in [-0.15, -0.1) is 0 Å². The van der Waals surface area contributed by atoms with Crippen LogP contribution in [0.3, 0.4) is 0 Å². The molecule has 98 valence electrons. The highest BCUT2D eigenvalue weighted by Crippen LogP contribution is 2.19. The van der Waals surface area contributed by atoms with E-state index in [1.54, 1.807) is 19.5 Å². The van der Waals surface area contributed by atoms with Crippen molar-refractivity contribution in [2.45, 2.75) is 32.7 Å². The zero-order chi connectivity index (χ0) is 12.7. The Kier molecular flexibility index (Phi) is 5.71. The summed E-state index contributed by atoms with van der Waals surface area (Å²) in [5.41, 5.74) is 1.08. The Balaban J connectivity index is 2.46. The summed E-state index contributed by atoms with van der Waals surface area (Å²) in [4.78, 5) is 0. The van der Waals surface area contributed by atoms with Gasteiger partial charge in [0.15, 0.2) is 0 Å². The van der Waals surface area contributed by atoms with Crippen molar-refractivity contribution in [2.75, 3.05) is 18.1 Å². The molecule has 0 aliphatic carbocycles. The second-order valence-electron chi connectivity index (χ2n) is 4.05. The Morgan fingerprint density at radius 2 is 2.18 bits per heavy atom. The predicted octanol–water partition coefficient (Wildman–Crippen LogP) is 2.15. The van der Waals surface area contributed by atoms with Crippen molar-refractivity contribution in [3.63, 3.8) is 0 Å². The van der Waals surface area contributed by atoms with Gasteiger partial charge in [0.05, 0.1) is 18.3 Å². The average Bonchev–Trinajstić information content (AvgIpc) is 2.81. The van der Waals surface area contributed by atoms with Crippen molar-refractivity contribution in [2.24, 2.45) is 0 Å². The topological polar surface area (TPSA) is 59.3 Å². The molecule has 5 heteroatoms. The Morgan fingerprint density at radius 1 is 1.41 bits per heavy atom. The maximum absolute atomic E-state index is 11.4. The minimum atomic E-state index is -2.85. The van der Waals surface area contributed by atoms with Gasteiger partial charge in [0, 0.05) is 17.4 Å². The number of hydrogen-bond acceptors (Lipinski definition) is 4. The second-order valence-corrected chi connectivity index (χ2v) is 6.52. The average molecular weight is 259 g/mol. The molecule has 0 radical (unpaired) electrons. The van der Waals surface area contributed by atoms with E-state index in [2.05, 4.69) is 5.32 Å². The Hall–Kier alpha value is -0.810. The van der Waals surface area contributed by atoms with Crippen molar-refractivity contribution in [3.05, 3.63) is 24.2 Å². The van der Waals surface area contributed by atoms with Gasteiger partial charge in [-0.2, -0.15) is 0 Å². The third kappa shape index (κ3) is 4.91. The highest BCUT2D eigenvalue weighted by molar-refractivity contribution is 7.91. The van der Waals surface area contributed by atoms with Gasteiger partial charge in [-0.25, -0.2) is 8.42 Å². The molecule has 0 bridgehead atoms. The number of furan rings is 1. The smallest absolute Gasteiger partial charge is 0.150 e. The van der Waals surface area contributed by atoms with Crippen LogP contribution in [0.25, 0.3) is 0 Å². The Morgan fingerprint density at radius 3 is 2.71 bits per heavy atom. The number of nitrogens with one attached hydrogen (secondary N) is 1. The first-order valence-corrected chi connectivity index (χ1v) is 7.87. The monoisotopic (exact) mass is 259 g/mol. The fourth-order valence-electron chi connectivity index (χ4n) is 1.76. The first-order valence-electron chi connectivity index (χ1n) is 6.05. The summed E-state index contributed by atoms with van der Waals surface area (Å²) in [7, 11) is -2.85. The standard InChI is InChI=1S/C12H21NO3S/c1-3-13-12(11-7-8-16-10-11)6-5-9-17(14,15)4-2/h7-8,10,12-13H,3-6,9H2,1-2H3. The minimum absolute atomic E-state index is 0.186. The SMILES string of the molecule is CCNC(CCCS(=O)(=O)CC)c1ccoc1. The molecular formula is C12H21NO3S. The maximum Gasteiger partial charge on any atom is 0.150 e. The molecule has 0 aromatic carbocycles. The van der Waals surface area contributed by atoms with Crippen LogP contribution in [0.2, 0.25) is 0 Å². The Bertz CT molecular complexity index is 397. The van der Waals surface area contributed by atoms with Gasteiger partial charge in [-0.1, -0.05) is 13.8 Å². The van der Waals surface area contributed by atoms with E-state index >= 15 is 0 Å². The lowest BCUT2D eigenvalue weighted by atomic mass is 10.1. The summed E-state index contributed by atoms with van der Waals surface area (Å²) in [5.74, 6) is 0.494. The van der Waals surface area contributed by atoms with E-state index in [4.69, 9.17) is 4.42 Å². The molecule has 1 N–H and O–H groups in total. The zero-order valence-electron chi connectivity index (χ0n) is 10.5. The lowest BCUT2D eigenvalue weighted by Gasteiger charge is -2.15. The maximum atomic E-state index is 11.4. The minimum Gasteiger partial charge on any atom is -0.472 e. The van der Waals surface area contributed by atoms with Crippen LogP contribution in [0.5, 0.6) is 0 Å². The zero-order valence-corrected chi connectivity index (χ0v) is 11.3. The lowest BCUT2D eigenvalue weighted by molar-refractivity contribution is 0.494. The molecule has 0 aliphatic heterocycles. The van der Waals surface area contributed by atoms with Crippen LogP contribution in [0, 0.1) is 0 Å². The van der Waals surface area contributed by atoms with E-state index in [9.17, 15) is 8.42 Å². The highest BCUT2D eigenvalue weighted by atomic mass is 32.2. The van der Waals surface area contributed by atoms with Gasteiger partial charge < -0.3 is 9.73 Å². The third-order valence-corrected chi connectivity index (χ3v) is 4.57. The van der Waals surface area contributed by atoms with E-state index in [0.717, 1.165) is 18.5 Å². The fraction of sp³-hybridized carbons (Fsp3) is 0.667. The van der Waals surface area contributed by atoms with Crippen LogP contribution >= 0.6 is 0 Å². The van der Waals surface area contributed by atoms with Crippen molar-refractivity contribution < 1.29 is 12.8 Å². The molecule has 0 fully saturated rings. The van der Waals surface area contributed by atoms with Gasteiger partial charge >= 0.3 is 0 Å². The first kappa shape index (κ1) is 14.3. The van der Waals surface area contributed by atoms with Gasteiger partial charge in [-0.05, 0) is 25.5 Å². The van der Waals surface area contributed by atoms with Crippen molar-refractivity contribution >= 4 is 9.84 Å². The number of hydrogen-bond donors (Lipinski definition) is 1. The largest absolute Gasteiger partial charge is 0.472 e. The van der Waals surface area contributed by atoms with Crippen molar-refractivity contribution in [1.82, 2.24) is 5.32 Å². The van der Waals surface area contributed by atoms with Gasteiger partial charge in [0.25, 0.3) is 0 Å². The van der Waals surface area contributed by atoms with Gasteiger partial charge in [0.1, 0.15) is 9.84 Å². The number of sulfone groups is 1. The molecule has 0 amide bonds. The Labute approximate surface area is 103 Å². The van der Waals surface area contributed by atoms with E-state index in [-0.39, 0.29) is 17.5 Å². The van der Waals surface area contributed by atoms with Crippen LogP contribution in [-0.2, 0) is 9.84 Å². The van der Waals surface area contributed by atoms with E-state index < -0.39 is 9.84 Å². The van der Waals surface area contributed by atoms with Crippen LogP contribution in [0.1, 0.15) is 38.3 Å². The summed E-state index contributed by atoms with van der Waals surface area (Å²) >= 11 is 0. The summed E-state index contributed by atoms with van der Waals surface area (Å²) in [6.45, 7) is 4.58. The van der Waals surface area contributed by atoms with Crippen molar-refractivity contribution in [1.29, 1.82) is 0 Å². The fourth-order valence-corrected chi connectivity index (χ4v) is 2.65. The van der Waals surface area contributed by atoms with Crippen molar-refractivity contribution in [3.8, 4) is 0 Å². The molecule has 1 atom stereocenters. The molecule has 1 heterocycles. The molecule has 0 spiro atoms. The molecule has 1 aromatic heterocycles. The molecule has 1 rings (SSSR count). The molecule has 1 aromatic rings. The molecule has 1 unspecified atom stereocenters. The summed E-state index contributed by atoms with van der Waals surface area (Å²) in [5, 5.41) is 3.33. The summed E-state index contributed by atoms with van der Waals surface area (Å²) in [6.07, 6.45) is 4.84. The third-order valence-electron chi connectivity index (χ3n) is 2.78. The molecule has 0 aliphatic rings. The molecular weight excluding hydrogens is 238 g/mol. The van der Waals surface area contributed by atoms with E-state index in [1.807, 2.05) is 13.0 Å². The molecule has 0 saturated carbocycles. The van der Waals surface area contributed by atoms with Gasteiger partial charge in [0.2, 0.25) is 0 Å². The summed E-state index contributed by atoms with van der Waals surface area (Å²) < 4.78 is 27.8. The normalized spacial score (nSPS) is 13.8.